The fourth-order valence-corrected chi connectivity index (χ4v) is 1.02. The molecule has 0 spiro atoms. The van der Waals surface area contributed by atoms with Gasteiger partial charge in [0.15, 0.2) is 0 Å². The molecule has 72 valence electrons. The Morgan fingerprint density at radius 2 is 2.38 bits per heavy atom. The zero-order chi connectivity index (χ0) is 9.68. The fourth-order valence-electron chi connectivity index (χ4n) is 1.02. The summed E-state index contributed by atoms with van der Waals surface area (Å²) in [5.74, 6) is -0.979. The third-order valence-electron chi connectivity index (χ3n) is 1.66. The van der Waals surface area contributed by atoms with Crippen molar-refractivity contribution in [3.63, 3.8) is 0 Å². The maximum Gasteiger partial charge on any atom is 0.305 e. The van der Waals surface area contributed by atoms with Crippen LogP contribution in [0.1, 0.15) is 12.8 Å². The van der Waals surface area contributed by atoms with E-state index in [4.69, 9.17) is 5.11 Å². The number of rotatable bonds is 5. The molecule has 13 heavy (non-hydrogen) atoms. The molecular formula is C8H12N2O3. The standard InChI is InChI=1S/C8H12N2O3/c11-7(6-8(12)13)2-5-10-4-1-3-9-10/h1,3-4,7,11H,2,5-6H2,(H,12,13)/t7-/m0/s1. The number of carboxylic acids is 1. The van der Waals surface area contributed by atoms with Gasteiger partial charge in [0.25, 0.3) is 0 Å². The van der Waals surface area contributed by atoms with Crippen LogP contribution in [-0.4, -0.2) is 32.1 Å². The van der Waals surface area contributed by atoms with Crippen molar-refractivity contribution in [1.82, 2.24) is 9.78 Å². The summed E-state index contributed by atoms with van der Waals surface area (Å²) < 4.78 is 1.66. The van der Waals surface area contributed by atoms with Gasteiger partial charge < -0.3 is 10.2 Å². The van der Waals surface area contributed by atoms with Crippen LogP contribution in [0, 0.1) is 0 Å². The number of carbonyl (C=O) groups is 1. The van der Waals surface area contributed by atoms with Gasteiger partial charge in [0, 0.05) is 18.9 Å². The minimum Gasteiger partial charge on any atom is -0.481 e. The van der Waals surface area contributed by atoms with E-state index in [0.717, 1.165) is 0 Å². The second-order valence-corrected chi connectivity index (χ2v) is 2.81. The maximum atomic E-state index is 10.2. The molecule has 1 aromatic rings. The largest absolute Gasteiger partial charge is 0.481 e. The van der Waals surface area contributed by atoms with E-state index in [1.807, 2.05) is 0 Å². The summed E-state index contributed by atoms with van der Waals surface area (Å²) in [5.41, 5.74) is 0. The third kappa shape index (κ3) is 3.71. The third-order valence-corrected chi connectivity index (χ3v) is 1.66. The zero-order valence-corrected chi connectivity index (χ0v) is 7.13. The number of nitrogens with zero attached hydrogens (tertiary/aromatic N) is 2. The summed E-state index contributed by atoms with van der Waals surface area (Å²) in [6.07, 6.45) is 2.83. The van der Waals surface area contributed by atoms with Crippen molar-refractivity contribution in [2.75, 3.05) is 0 Å². The Labute approximate surface area is 75.6 Å². The number of hydrogen-bond donors (Lipinski definition) is 2. The molecular weight excluding hydrogens is 172 g/mol. The van der Waals surface area contributed by atoms with Crippen molar-refractivity contribution >= 4 is 5.97 Å². The van der Waals surface area contributed by atoms with Gasteiger partial charge in [-0.15, -0.1) is 0 Å². The first-order chi connectivity index (χ1) is 6.18. The van der Waals surface area contributed by atoms with Gasteiger partial charge in [0.2, 0.25) is 0 Å². The Morgan fingerprint density at radius 3 is 2.92 bits per heavy atom. The van der Waals surface area contributed by atoms with E-state index < -0.39 is 12.1 Å². The Bertz CT molecular complexity index is 258. The number of aliphatic hydroxyl groups is 1. The van der Waals surface area contributed by atoms with Gasteiger partial charge in [0.05, 0.1) is 12.5 Å². The molecule has 0 amide bonds. The van der Waals surface area contributed by atoms with Crippen molar-refractivity contribution in [3.05, 3.63) is 18.5 Å². The first-order valence-electron chi connectivity index (χ1n) is 4.06. The van der Waals surface area contributed by atoms with Crippen LogP contribution in [0.4, 0.5) is 0 Å². The molecule has 0 saturated carbocycles. The second-order valence-electron chi connectivity index (χ2n) is 2.81. The summed E-state index contributed by atoms with van der Waals surface area (Å²) in [6, 6.07) is 1.78. The predicted molar refractivity (Wildman–Crippen MR) is 45.1 cm³/mol. The van der Waals surface area contributed by atoms with Gasteiger partial charge in [-0.25, -0.2) is 0 Å². The lowest BCUT2D eigenvalue weighted by Gasteiger charge is -2.06. The average molecular weight is 184 g/mol. The molecule has 0 aliphatic rings. The van der Waals surface area contributed by atoms with E-state index in [2.05, 4.69) is 5.10 Å². The van der Waals surface area contributed by atoms with Crippen LogP contribution in [0.2, 0.25) is 0 Å². The summed E-state index contributed by atoms with van der Waals surface area (Å²) >= 11 is 0. The fraction of sp³-hybridized carbons (Fsp3) is 0.500. The Morgan fingerprint density at radius 1 is 1.62 bits per heavy atom. The molecule has 0 bridgehead atoms. The monoisotopic (exact) mass is 184 g/mol. The van der Waals surface area contributed by atoms with Crippen LogP contribution in [0.3, 0.4) is 0 Å². The number of aliphatic carboxylic acids is 1. The average Bonchev–Trinajstić information content (AvgIpc) is 2.51. The van der Waals surface area contributed by atoms with Gasteiger partial charge in [-0.1, -0.05) is 0 Å². The van der Waals surface area contributed by atoms with Gasteiger partial charge in [-0.2, -0.15) is 5.10 Å². The van der Waals surface area contributed by atoms with E-state index in [1.165, 1.54) is 0 Å². The summed E-state index contributed by atoms with van der Waals surface area (Å²) in [6.45, 7) is 0.543. The Hall–Kier alpha value is -1.36. The van der Waals surface area contributed by atoms with Crippen molar-refractivity contribution in [3.8, 4) is 0 Å². The van der Waals surface area contributed by atoms with Gasteiger partial charge >= 0.3 is 5.97 Å². The second kappa shape index (κ2) is 4.61. The van der Waals surface area contributed by atoms with Gasteiger partial charge in [-0.3, -0.25) is 9.48 Å². The molecule has 0 unspecified atom stereocenters. The van der Waals surface area contributed by atoms with Gasteiger partial charge in [0.1, 0.15) is 0 Å². The van der Waals surface area contributed by atoms with Gasteiger partial charge in [-0.05, 0) is 12.5 Å². The van der Waals surface area contributed by atoms with E-state index in [-0.39, 0.29) is 6.42 Å². The number of aryl methyl sites for hydroxylation is 1. The highest BCUT2D eigenvalue weighted by Gasteiger charge is 2.08. The Kier molecular flexibility index (Phi) is 3.45. The minimum atomic E-state index is -0.979. The number of aromatic nitrogens is 2. The molecule has 1 aromatic heterocycles. The van der Waals surface area contributed by atoms with E-state index in [0.29, 0.717) is 13.0 Å². The summed E-state index contributed by atoms with van der Waals surface area (Å²) in [7, 11) is 0. The van der Waals surface area contributed by atoms with Crippen LogP contribution in [-0.2, 0) is 11.3 Å². The predicted octanol–water partition coefficient (Wildman–Crippen LogP) is 0.109. The topological polar surface area (TPSA) is 75.3 Å². The molecule has 0 aliphatic carbocycles. The highest BCUT2D eigenvalue weighted by molar-refractivity contribution is 5.67. The molecule has 1 heterocycles. The van der Waals surface area contributed by atoms with Crippen molar-refractivity contribution < 1.29 is 15.0 Å². The quantitative estimate of drug-likeness (QED) is 0.681. The zero-order valence-electron chi connectivity index (χ0n) is 7.13. The molecule has 1 atom stereocenters. The van der Waals surface area contributed by atoms with Crippen LogP contribution in [0.25, 0.3) is 0 Å². The SMILES string of the molecule is O=C(O)C[C@@H](O)CCn1cccn1. The minimum absolute atomic E-state index is 0.207. The highest BCUT2D eigenvalue weighted by Crippen LogP contribution is 2.00. The number of aliphatic hydroxyl groups excluding tert-OH is 1. The normalized spacial score (nSPS) is 12.7. The molecule has 5 nitrogen and oxygen atoms in total. The lowest BCUT2D eigenvalue weighted by molar-refractivity contribution is -0.139. The smallest absolute Gasteiger partial charge is 0.305 e. The molecule has 0 aliphatic heterocycles. The molecule has 0 radical (unpaired) electrons. The molecule has 0 fully saturated rings. The van der Waals surface area contributed by atoms with E-state index in [1.54, 1.807) is 23.1 Å². The maximum absolute atomic E-state index is 10.2. The summed E-state index contributed by atoms with van der Waals surface area (Å²) in [4.78, 5) is 10.2. The van der Waals surface area contributed by atoms with E-state index in [9.17, 15) is 9.90 Å². The molecule has 0 aromatic carbocycles. The van der Waals surface area contributed by atoms with Crippen LogP contribution in [0.15, 0.2) is 18.5 Å². The number of hydrogen-bond acceptors (Lipinski definition) is 3. The van der Waals surface area contributed by atoms with Crippen molar-refractivity contribution in [2.24, 2.45) is 0 Å². The van der Waals surface area contributed by atoms with Crippen LogP contribution < -0.4 is 0 Å². The number of carboxylic acid groups (broad SMARTS) is 1. The molecule has 5 heteroatoms. The molecule has 0 saturated heterocycles. The molecule has 2 N–H and O–H groups in total. The molecule has 1 rings (SSSR count). The highest BCUT2D eigenvalue weighted by atomic mass is 16.4. The van der Waals surface area contributed by atoms with Crippen LogP contribution >= 0.6 is 0 Å². The Balaban J connectivity index is 2.22. The first-order valence-corrected chi connectivity index (χ1v) is 4.06. The van der Waals surface area contributed by atoms with Crippen molar-refractivity contribution in [2.45, 2.75) is 25.5 Å². The van der Waals surface area contributed by atoms with Crippen molar-refractivity contribution in [1.29, 1.82) is 0 Å². The lowest BCUT2D eigenvalue weighted by Crippen LogP contribution is -2.15. The lowest BCUT2D eigenvalue weighted by atomic mass is 10.2. The van der Waals surface area contributed by atoms with E-state index >= 15 is 0 Å². The summed E-state index contributed by atoms with van der Waals surface area (Å²) in [5, 5.41) is 21.5. The van der Waals surface area contributed by atoms with Crippen LogP contribution in [0.5, 0.6) is 0 Å². The first kappa shape index (κ1) is 9.73.